The van der Waals surface area contributed by atoms with Gasteiger partial charge in [-0.15, -0.1) is 3.69 Å². The van der Waals surface area contributed by atoms with Gasteiger partial charge in [-0.25, -0.2) is 0 Å². The van der Waals surface area contributed by atoms with Gasteiger partial charge < -0.3 is 0 Å². The van der Waals surface area contributed by atoms with E-state index in [2.05, 4.69) is 31.3 Å². The smallest absolute Gasteiger partial charge is 0.296 e. The molecule has 0 aliphatic rings. The van der Waals surface area contributed by atoms with Crippen LogP contribution in [0.25, 0.3) is 0 Å². The highest BCUT2D eigenvalue weighted by molar-refractivity contribution is 9.23. The van der Waals surface area contributed by atoms with Gasteiger partial charge in [0, 0.05) is 0 Å². The SMILES string of the molecule is Cc1c[c]([Mg][Br])cs1. The van der Waals surface area contributed by atoms with Crippen molar-refractivity contribution in [3.63, 3.8) is 0 Å². The van der Waals surface area contributed by atoms with Crippen LogP contribution in [-0.2, 0) is 0 Å². The molecule has 0 bridgehead atoms. The van der Waals surface area contributed by atoms with Crippen molar-refractivity contribution in [1.29, 1.82) is 0 Å². The molecule has 0 fully saturated rings. The van der Waals surface area contributed by atoms with Crippen molar-refractivity contribution < 1.29 is 0 Å². The fourth-order valence-electron chi connectivity index (χ4n) is 0.568. The molecule has 1 heterocycles. The lowest BCUT2D eigenvalue weighted by molar-refractivity contribution is 1.66. The third kappa shape index (κ3) is 1.72. The predicted molar refractivity (Wildman–Crippen MR) is 43.4 cm³/mol. The minimum atomic E-state index is -0.0650. The molecule has 0 atom stereocenters. The number of halogens is 1. The molecular formula is C5H5BrMgS. The van der Waals surface area contributed by atoms with E-state index in [9.17, 15) is 0 Å². The number of aryl methyl sites for hydroxylation is 1. The fourth-order valence-corrected chi connectivity index (χ4v) is 3.90. The number of hydrogen-bond acceptors (Lipinski definition) is 1. The van der Waals surface area contributed by atoms with E-state index in [4.69, 9.17) is 0 Å². The van der Waals surface area contributed by atoms with E-state index in [1.807, 2.05) is 11.3 Å². The number of thiophene rings is 1. The van der Waals surface area contributed by atoms with E-state index in [0.29, 0.717) is 0 Å². The third-order valence-electron chi connectivity index (χ3n) is 0.939. The Bertz CT molecular complexity index is 173. The molecule has 0 nitrogen and oxygen atoms in total. The molecule has 1 aromatic rings. The lowest BCUT2D eigenvalue weighted by Gasteiger charge is -1.76. The van der Waals surface area contributed by atoms with Crippen molar-refractivity contribution in [2.24, 2.45) is 0 Å². The summed E-state index contributed by atoms with van der Waals surface area (Å²) in [5.74, 6) is 0. The monoisotopic (exact) mass is 200 g/mol. The average Bonchev–Trinajstić information content (AvgIpc) is 2.14. The zero-order chi connectivity index (χ0) is 5.98. The lowest BCUT2D eigenvalue weighted by Crippen LogP contribution is -2.01. The molecule has 1 rings (SSSR count). The van der Waals surface area contributed by atoms with Crippen molar-refractivity contribution in [1.82, 2.24) is 0 Å². The molecule has 0 amide bonds. The molecule has 0 N–H and O–H groups in total. The molecule has 0 aliphatic carbocycles. The Morgan fingerprint density at radius 1 is 1.75 bits per heavy atom. The molecule has 0 spiro atoms. The van der Waals surface area contributed by atoms with Crippen LogP contribution in [0.15, 0.2) is 11.4 Å². The second-order valence-electron chi connectivity index (χ2n) is 1.70. The standard InChI is InChI=1S/C5H5S.BrH.Mg/c1-5-3-2-4-6-5;;/h3-4H,1H3;1H;/q;;+1/p-1. The van der Waals surface area contributed by atoms with Gasteiger partial charge in [0.25, 0.3) is 0 Å². The van der Waals surface area contributed by atoms with E-state index in [1.54, 1.807) is 0 Å². The summed E-state index contributed by atoms with van der Waals surface area (Å²) in [6, 6.07) is 2.26. The van der Waals surface area contributed by atoms with E-state index < -0.39 is 0 Å². The number of hydrogen-bond donors (Lipinski definition) is 0. The van der Waals surface area contributed by atoms with Gasteiger partial charge in [-0.3, -0.25) is 12.9 Å². The van der Waals surface area contributed by atoms with Crippen molar-refractivity contribution >= 4 is 46.1 Å². The largest absolute Gasteiger partial charge is 0.508 e. The van der Waals surface area contributed by atoms with E-state index in [1.165, 1.54) is 8.57 Å². The summed E-state index contributed by atoms with van der Waals surface area (Å²) in [7, 11) is 0. The molecule has 40 valence electrons. The van der Waals surface area contributed by atoms with Crippen LogP contribution in [0.2, 0.25) is 0 Å². The van der Waals surface area contributed by atoms with E-state index in [-0.39, 0.29) is 18.2 Å². The topological polar surface area (TPSA) is 0 Å². The van der Waals surface area contributed by atoms with Crippen LogP contribution in [-0.4, -0.2) is 18.2 Å². The zero-order valence-corrected chi connectivity index (χ0v) is 8.46. The maximum absolute atomic E-state index is 3.52. The van der Waals surface area contributed by atoms with Gasteiger partial charge in [0.2, 0.25) is 0 Å². The predicted octanol–water partition coefficient (Wildman–Crippen LogP) is 1.70. The van der Waals surface area contributed by atoms with Crippen LogP contribution in [0.1, 0.15) is 4.88 Å². The second kappa shape index (κ2) is 3.20. The summed E-state index contributed by atoms with van der Waals surface area (Å²) in [6.07, 6.45) is 0. The fraction of sp³-hybridized carbons (Fsp3) is 0.200. The van der Waals surface area contributed by atoms with Crippen LogP contribution >= 0.6 is 24.2 Å². The van der Waals surface area contributed by atoms with Crippen LogP contribution in [0.5, 0.6) is 0 Å². The van der Waals surface area contributed by atoms with Crippen molar-refractivity contribution in [2.75, 3.05) is 0 Å². The van der Waals surface area contributed by atoms with E-state index >= 15 is 0 Å². The molecule has 0 saturated carbocycles. The molecule has 3 heteroatoms. The quantitative estimate of drug-likeness (QED) is 0.607. The third-order valence-corrected chi connectivity index (χ3v) is 4.80. The molecule has 8 heavy (non-hydrogen) atoms. The Balaban J connectivity index is 2.84. The first kappa shape index (κ1) is 7.06. The molecule has 0 saturated heterocycles. The van der Waals surface area contributed by atoms with Gasteiger partial charge in [-0.05, 0) is 17.2 Å². The van der Waals surface area contributed by atoms with Crippen LogP contribution < -0.4 is 3.69 Å². The van der Waals surface area contributed by atoms with Gasteiger partial charge in [0.1, 0.15) is 0 Å². The highest BCUT2D eigenvalue weighted by Crippen LogP contribution is 2.03. The van der Waals surface area contributed by atoms with Crippen LogP contribution in [0, 0.1) is 6.92 Å². The van der Waals surface area contributed by atoms with Gasteiger partial charge in [-0.1, -0.05) is 6.07 Å². The summed E-state index contributed by atoms with van der Waals surface area (Å²) < 4.78 is 1.52. The van der Waals surface area contributed by atoms with Crippen molar-refractivity contribution in [3.8, 4) is 0 Å². The van der Waals surface area contributed by atoms with Crippen molar-refractivity contribution in [2.45, 2.75) is 6.92 Å². The summed E-state index contributed by atoms with van der Waals surface area (Å²) in [5, 5.41) is 2.23. The highest BCUT2D eigenvalue weighted by atomic mass is 79.9. The summed E-state index contributed by atoms with van der Waals surface area (Å²) >= 11 is 5.29. The Morgan fingerprint density at radius 2 is 2.50 bits per heavy atom. The minimum Gasteiger partial charge on any atom is -0.296 e. The zero-order valence-electron chi connectivity index (χ0n) is 4.65. The lowest BCUT2D eigenvalue weighted by atomic mass is 10.5. The van der Waals surface area contributed by atoms with Crippen LogP contribution in [0.3, 0.4) is 0 Å². The van der Waals surface area contributed by atoms with Gasteiger partial charge in [0.05, 0.1) is 0 Å². The van der Waals surface area contributed by atoms with Gasteiger partial charge in [0.15, 0.2) is 0 Å². The number of rotatable bonds is 1. The van der Waals surface area contributed by atoms with E-state index in [0.717, 1.165) is 0 Å². The average molecular weight is 201 g/mol. The molecule has 0 radical (unpaired) electrons. The maximum atomic E-state index is 3.52. The molecule has 0 aliphatic heterocycles. The first-order valence-corrected chi connectivity index (χ1v) is 7.91. The molecule has 1 aromatic heterocycles. The minimum absolute atomic E-state index is 0.0650. The summed E-state index contributed by atoms with van der Waals surface area (Å²) in [4.78, 5) is 1.42. The normalized spacial score (nSPS) is 8.75. The van der Waals surface area contributed by atoms with Crippen molar-refractivity contribution in [3.05, 3.63) is 16.3 Å². The maximum Gasteiger partial charge on any atom is 0.508 e. The summed E-state index contributed by atoms with van der Waals surface area (Å²) in [6.45, 7) is 2.14. The Hall–Kier alpha value is 0.946. The second-order valence-corrected chi connectivity index (χ2v) is 5.58. The first-order valence-electron chi connectivity index (χ1n) is 2.43. The highest BCUT2D eigenvalue weighted by Gasteiger charge is 1.94. The Kier molecular flexibility index (Phi) is 2.82. The molecule has 0 unspecified atom stereocenters. The Morgan fingerprint density at radius 3 is 2.75 bits per heavy atom. The Labute approximate surface area is 68.9 Å². The molecular weight excluding hydrogens is 196 g/mol. The first-order chi connectivity index (χ1) is 3.83. The molecule has 0 aromatic carbocycles. The van der Waals surface area contributed by atoms with Gasteiger partial charge >= 0.3 is 18.2 Å². The van der Waals surface area contributed by atoms with Gasteiger partial charge in [-0.2, -0.15) is 11.3 Å². The summed E-state index contributed by atoms with van der Waals surface area (Å²) in [5.41, 5.74) is 0. The van der Waals surface area contributed by atoms with Crippen LogP contribution in [0.4, 0.5) is 0 Å².